The van der Waals surface area contributed by atoms with Gasteiger partial charge in [-0.2, -0.15) is 0 Å². The molecule has 1 aromatic carbocycles. The van der Waals surface area contributed by atoms with Gasteiger partial charge in [-0.05, 0) is 60.8 Å². The van der Waals surface area contributed by atoms with E-state index < -0.39 is 0 Å². The standard InChI is InChI=1S/C13H8Br3N3O/c1-5-8(15)10(17)9(16)11-12(5)20-13(19-11)6-2-7(14)4-18-3-6/h2-4H,17H2,1H3. The minimum absolute atomic E-state index is 0.509. The molecule has 0 spiro atoms. The molecule has 2 heterocycles. The van der Waals surface area contributed by atoms with Crippen molar-refractivity contribution in [1.82, 2.24) is 9.97 Å². The highest BCUT2D eigenvalue weighted by Gasteiger charge is 2.18. The number of nitrogens with zero attached hydrogens (tertiary/aromatic N) is 2. The summed E-state index contributed by atoms with van der Waals surface area (Å²) in [6.45, 7) is 1.93. The smallest absolute Gasteiger partial charge is 0.228 e. The van der Waals surface area contributed by atoms with Gasteiger partial charge in [0.1, 0.15) is 5.52 Å². The van der Waals surface area contributed by atoms with Crippen LogP contribution >= 0.6 is 47.8 Å². The molecule has 0 aliphatic carbocycles. The lowest BCUT2D eigenvalue weighted by Gasteiger charge is -2.05. The monoisotopic (exact) mass is 459 g/mol. The van der Waals surface area contributed by atoms with E-state index in [2.05, 4.69) is 57.8 Å². The molecule has 0 saturated heterocycles. The maximum atomic E-state index is 6.03. The van der Waals surface area contributed by atoms with Crippen LogP contribution in [-0.2, 0) is 0 Å². The molecule has 0 bridgehead atoms. The molecule has 2 N–H and O–H groups in total. The molecule has 0 saturated carbocycles. The quantitative estimate of drug-likeness (QED) is 0.514. The Labute approximate surface area is 140 Å². The van der Waals surface area contributed by atoms with Crippen LogP contribution in [0.5, 0.6) is 0 Å². The number of fused-ring (bicyclic) bond motifs is 1. The first-order chi connectivity index (χ1) is 9.49. The highest BCUT2D eigenvalue weighted by Crippen LogP contribution is 2.40. The lowest BCUT2D eigenvalue weighted by Crippen LogP contribution is -1.92. The van der Waals surface area contributed by atoms with Gasteiger partial charge in [-0.3, -0.25) is 4.98 Å². The second-order valence-corrected chi connectivity index (χ2v) is 6.76. The van der Waals surface area contributed by atoms with Crippen LogP contribution in [0.2, 0.25) is 0 Å². The third kappa shape index (κ3) is 2.17. The summed E-state index contributed by atoms with van der Waals surface area (Å²) >= 11 is 10.3. The first-order valence-electron chi connectivity index (χ1n) is 5.63. The Kier molecular flexibility index (Phi) is 3.60. The number of oxazole rings is 1. The van der Waals surface area contributed by atoms with Gasteiger partial charge in [-0.25, -0.2) is 4.98 Å². The molecular weight excluding hydrogens is 454 g/mol. The minimum Gasteiger partial charge on any atom is -0.436 e. The number of aryl methyl sites for hydroxylation is 1. The number of anilines is 1. The normalized spacial score (nSPS) is 11.2. The van der Waals surface area contributed by atoms with E-state index in [1.54, 1.807) is 12.4 Å². The topological polar surface area (TPSA) is 64.9 Å². The fourth-order valence-corrected chi connectivity index (χ4v) is 3.38. The summed E-state index contributed by atoms with van der Waals surface area (Å²) in [5, 5.41) is 0. The zero-order chi connectivity index (χ0) is 14.4. The molecule has 102 valence electrons. The summed E-state index contributed by atoms with van der Waals surface area (Å²) in [4.78, 5) is 8.63. The van der Waals surface area contributed by atoms with E-state index in [1.807, 2.05) is 13.0 Å². The molecule has 0 fully saturated rings. The van der Waals surface area contributed by atoms with Gasteiger partial charge in [0, 0.05) is 26.9 Å². The van der Waals surface area contributed by atoms with Gasteiger partial charge in [0.15, 0.2) is 5.58 Å². The van der Waals surface area contributed by atoms with Crippen LogP contribution in [-0.4, -0.2) is 9.97 Å². The number of rotatable bonds is 1. The third-order valence-corrected chi connectivity index (χ3v) is 5.19. The van der Waals surface area contributed by atoms with Crippen molar-refractivity contribution >= 4 is 64.6 Å². The number of nitrogen functional groups attached to an aromatic ring is 1. The van der Waals surface area contributed by atoms with Crippen molar-refractivity contribution < 1.29 is 4.42 Å². The molecule has 3 rings (SSSR count). The zero-order valence-electron chi connectivity index (χ0n) is 10.2. The lowest BCUT2D eigenvalue weighted by atomic mass is 10.2. The molecule has 0 atom stereocenters. The molecule has 0 radical (unpaired) electrons. The van der Waals surface area contributed by atoms with Crippen LogP contribution in [0.1, 0.15) is 5.56 Å². The molecule has 2 aromatic heterocycles. The van der Waals surface area contributed by atoms with Gasteiger partial charge in [-0.1, -0.05) is 0 Å². The van der Waals surface area contributed by atoms with Crippen LogP contribution in [0.4, 0.5) is 5.69 Å². The van der Waals surface area contributed by atoms with Crippen molar-refractivity contribution in [1.29, 1.82) is 0 Å². The summed E-state index contributed by atoms with van der Waals surface area (Å²) < 4.78 is 8.28. The molecular formula is C13H8Br3N3O. The highest BCUT2D eigenvalue weighted by atomic mass is 79.9. The van der Waals surface area contributed by atoms with E-state index in [-0.39, 0.29) is 0 Å². The van der Waals surface area contributed by atoms with E-state index in [0.717, 1.165) is 24.5 Å². The summed E-state index contributed by atoms with van der Waals surface area (Å²) in [5.74, 6) is 0.509. The Hall–Kier alpha value is -0.920. The van der Waals surface area contributed by atoms with Crippen LogP contribution < -0.4 is 5.73 Å². The van der Waals surface area contributed by atoms with E-state index in [4.69, 9.17) is 10.2 Å². The van der Waals surface area contributed by atoms with E-state index in [9.17, 15) is 0 Å². The van der Waals surface area contributed by atoms with Crippen LogP contribution in [0.15, 0.2) is 36.3 Å². The van der Waals surface area contributed by atoms with Crippen molar-refractivity contribution in [3.05, 3.63) is 37.4 Å². The second kappa shape index (κ2) is 5.13. The molecule has 0 aliphatic rings. The molecule has 0 aliphatic heterocycles. The average molecular weight is 462 g/mol. The third-order valence-electron chi connectivity index (χ3n) is 2.93. The first kappa shape index (κ1) is 14.0. The lowest BCUT2D eigenvalue weighted by molar-refractivity contribution is 0.616. The number of nitrogens with two attached hydrogens (primary N) is 1. The maximum Gasteiger partial charge on any atom is 0.228 e. The Morgan fingerprint density at radius 1 is 1.15 bits per heavy atom. The van der Waals surface area contributed by atoms with Gasteiger partial charge in [0.2, 0.25) is 5.89 Å². The number of pyridine rings is 1. The predicted octanol–water partition coefficient (Wildman–Crippen LogP) is 5.07. The SMILES string of the molecule is Cc1c(Br)c(N)c(Br)c2nc(-c3cncc(Br)c3)oc12. The van der Waals surface area contributed by atoms with Crippen LogP contribution in [0, 0.1) is 6.92 Å². The van der Waals surface area contributed by atoms with E-state index in [0.29, 0.717) is 22.7 Å². The number of halogens is 3. The van der Waals surface area contributed by atoms with Crippen LogP contribution in [0.3, 0.4) is 0 Å². The van der Waals surface area contributed by atoms with Crippen molar-refractivity contribution in [2.45, 2.75) is 6.92 Å². The number of aromatic nitrogens is 2. The Morgan fingerprint density at radius 3 is 2.60 bits per heavy atom. The van der Waals surface area contributed by atoms with Crippen molar-refractivity contribution in [3.8, 4) is 11.5 Å². The summed E-state index contributed by atoms with van der Waals surface area (Å²) in [6, 6.07) is 1.90. The van der Waals surface area contributed by atoms with E-state index >= 15 is 0 Å². The Balaban J connectivity index is 2.31. The fourth-order valence-electron chi connectivity index (χ4n) is 1.90. The minimum atomic E-state index is 0.509. The van der Waals surface area contributed by atoms with Crippen molar-refractivity contribution in [2.75, 3.05) is 5.73 Å². The van der Waals surface area contributed by atoms with Crippen molar-refractivity contribution in [3.63, 3.8) is 0 Å². The summed E-state index contributed by atoms with van der Waals surface area (Å²) in [6.07, 6.45) is 3.42. The van der Waals surface area contributed by atoms with Crippen LogP contribution in [0.25, 0.3) is 22.6 Å². The predicted molar refractivity (Wildman–Crippen MR) is 89.5 cm³/mol. The number of hydrogen-bond donors (Lipinski definition) is 1. The highest BCUT2D eigenvalue weighted by molar-refractivity contribution is 9.11. The fraction of sp³-hybridized carbons (Fsp3) is 0.0769. The molecule has 7 heteroatoms. The molecule has 0 amide bonds. The number of hydrogen-bond acceptors (Lipinski definition) is 4. The maximum absolute atomic E-state index is 6.03. The van der Waals surface area contributed by atoms with Crippen molar-refractivity contribution in [2.24, 2.45) is 0 Å². The Morgan fingerprint density at radius 2 is 1.90 bits per heavy atom. The summed E-state index contributed by atoms with van der Waals surface area (Å²) in [5.41, 5.74) is 9.77. The number of benzene rings is 1. The summed E-state index contributed by atoms with van der Waals surface area (Å²) in [7, 11) is 0. The largest absolute Gasteiger partial charge is 0.436 e. The first-order valence-corrected chi connectivity index (χ1v) is 8.01. The van der Waals surface area contributed by atoms with E-state index in [1.165, 1.54) is 0 Å². The molecule has 0 unspecified atom stereocenters. The zero-order valence-corrected chi connectivity index (χ0v) is 15.0. The van der Waals surface area contributed by atoms with Gasteiger partial charge < -0.3 is 10.2 Å². The van der Waals surface area contributed by atoms with Gasteiger partial charge >= 0.3 is 0 Å². The van der Waals surface area contributed by atoms with Gasteiger partial charge in [-0.15, -0.1) is 0 Å². The van der Waals surface area contributed by atoms with Gasteiger partial charge in [0.05, 0.1) is 15.7 Å². The van der Waals surface area contributed by atoms with Gasteiger partial charge in [0.25, 0.3) is 0 Å². The Bertz CT molecular complexity index is 784. The second-order valence-electron chi connectivity index (χ2n) is 4.26. The molecule has 4 nitrogen and oxygen atoms in total. The average Bonchev–Trinajstić information content (AvgIpc) is 2.88. The molecule has 20 heavy (non-hydrogen) atoms. The molecule has 3 aromatic rings.